The third-order valence-electron chi connectivity index (χ3n) is 4.50. The van der Waals surface area contributed by atoms with E-state index in [0.717, 1.165) is 12.8 Å². The Labute approximate surface area is 117 Å². The Balaban J connectivity index is 1.97. The van der Waals surface area contributed by atoms with Gasteiger partial charge >= 0.3 is 0 Å². The first-order valence-corrected chi connectivity index (χ1v) is 8.06. The second kappa shape index (κ2) is 6.21. The monoisotopic (exact) mass is 264 g/mol. The molecule has 0 aromatic heterocycles. The summed E-state index contributed by atoms with van der Waals surface area (Å²) in [5.74, 6) is 0.393. The highest BCUT2D eigenvalue weighted by atomic mass is 16.5. The molecule has 2 atom stereocenters. The van der Waals surface area contributed by atoms with Crippen molar-refractivity contribution in [3.05, 3.63) is 12.2 Å². The van der Waals surface area contributed by atoms with Crippen molar-refractivity contribution in [3.63, 3.8) is 0 Å². The van der Waals surface area contributed by atoms with Crippen molar-refractivity contribution in [1.29, 1.82) is 0 Å². The zero-order valence-corrected chi connectivity index (χ0v) is 12.5. The molecular weight excluding hydrogens is 236 g/mol. The topological polar surface area (TPSA) is 26.3 Å². The van der Waals surface area contributed by atoms with E-state index in [0.29, 0.717) is 18.6 Å². The molecule has 0 aliphatic carbocycles. The lowest BCUT2D eigenvalue weighted by atomic mass is 9.85. The van der Waals surface area contributed by atoms with Crippen LogP contribution in [0, 0.1) is 0 Å². The highest BCUT2D eigenvalue weighted by molar-refractivity contribution is 5.83. The maximum atomic E-state index is 12.1. The van der Waals surface area contributed by atoms with Crippen molar-refractivity contribution >= 4 is 5.78 Å². The van der Waals surface area contributed by atoms with Gasteiger partial charge in [-0.3, -0.25) is 4.79 Å². The standard InChI is InChI=1S/C17H28O2/c1-3-5-7-9-16-11-12-17(19-16,10-8-6-4-2)14-15(18)13-16/h11-12H,3-10,13-14H2,1-2H3. The van der Waals surface area contributed by atoms with Crippen LogP contribution in [0.3, 0.4) is 0 Å². The van der Waals surface area contributed by atoms with E-state index in [1.54, 1.807) is 0 Å². The lowest BCUT2D eigenvalue weighted by Gasteiger charge is -2.40. The first-order valence-electron chi connectivity index (χ1n) is 8.06. The number of hydrogen-bond acceptors (Lipinski definition) is 2. The molecule has 2 rings (SSSR count). The molecule has 0 N–H and O–H groups in total. The van der Waals surface area contributed by atoms with Gasteiger partial charge < -0.3 is 4.74 Å². The second-order valence-corrected chi connectivity index (χ2v) is 6.37. The number of fused-ring (bicyclic) bond motifs is 2. The minimum absolute atomic E-state index is 0.253. The summed E-state index contributed by atoms with van der Waals surface area (Å²) in [5, 5.41) is 0. The molecule has 0 spiro atoms. The van der Waals surface area contributed by atoms with Gasteiger partial charge in [0.15, 0.2) is 0 Å². The first kappa shape index (κ1) is 14.8. The van der Waals surface area contributed by atoms with Gasteiger partial charge in [0, 0.05) is 12.8 Å². The fraction of sp³-hybridized carbons (Fsp3) is 0.824. The van der Waals surface area contributed by atoms with Crippen LogP contribution in [-0.2, 0) is 9.53 Å². The number of Topliss-reactive ketones (excluding diaryl/α,β-unsaturated/α-hetero) is 1. The van der Waals surface area contributed by atoms with E-state index in [1.165, 1.54) is 38.5 Å². The van der Waals surface area contributed by atoms with Crippen molar-refractivity contribution in [2.24, 2.45) is 0 Å². The van der Waals surface area contributed by atoms with Gasteiger partial charge in [-0.05, 0) is 12.8 Å². The smallest absolute Gasteiger partial charge is 0.139 e. The van der Waals surface area contributed by atoms with E-state index in [9.17, 15) is 4.79 Å². The van der Waals surface area contributed by atoms with Crippen LogP contribution >= 0.6 is 0 Å². The third-order valence-corrected chi connectivity index (χ3v) is 4.50. The molecular formula is C17H28O2. The van der Waals surface area contributed by atoms with Gasteiger partial charge in [0.05, 0.1) is 11.2 Å². The molecule has 0 radical (unpaired) electrons. The van der Waals surface area contributed by atoms with E-state index in [-0.39, 0.29) is 11.2 Å². The third kappa shape index (κ3) is 3.47. The molecule has 2 heterocycles. The average Bonchev–Trinajstić information content (AvgIpc) is 2.63. The zero-order valence-electron chi connectivity index (χ0n) is 12.5. The van der Waals surface area contributed by atoms with Gasteiger partial charge in [0.25, 0.3) is 0 Å². The lowest BCUT2D eigenvalue weighted by Crippen LogP contribution is -2.45. The molecule has 0 amide bonds. The maximum absolute atomic E-state index is 12.1. The molecule has 2 bridgehead atoms. The Morgan fingerprint density at radius 3 is 1.84 bits per heavy atom. The van der Waals surface area contributed by atoms with E-state index in [2.05, 4.69) is 26.0 Å². The Morgan fingerprint density at radius 2 is 1.42 bits per heavy atom. The zero-order chi connectivity index (χ0) is 13.8. The summed E-state index contributed by atoms with van der Waals surface area (Å²) in [6, 6.07) is 0. The highest BCUT2D eigenvalue weighted by Crippen LogP contribution is 2.46. The number of ketones is 1. The molecule has 2 heteroatoms. The summed E-state index contributed by atoms with van der Waals surface area (Å²) >= 11 is 0. The minimum atomic E-state index is -0.253. The normalized spacial score (nSPS) is 33.1. The molecule has 0 aromatic carbocycles. The molecule has 2 nitrogen and oxygen atoms in total. The van der Waals surface area contributed by atoms with Gasteiger partial charge in [-0.15, -0.1) is 0 Å². The molecule has 0 saturated carbocycles. The van der Waals surface area contributed by atoms with Crippen LogP contribution in [0.15, 0.2) is 12.2 Å². The predicted molar refractivity (Wildman–Crippen MR) is 78.2 cm³/mol. The van der Waals surface area contributed by atoms with E-state index in [1.807, 2.05) is 0 Å². The summed E-state index contributed by atoms with van der Waals surface area (Å²) in [6.07, 6.45) is 14.9. The molecule has 2 unspecified atom stereocenters. The van der Waals surface area contributed by atoms with Crippen LogP contribution in [0.4, 0.5) is 0 Å². The lowest BCUT2D eigenvalue weighted by molar-refractivity contribution is -0.157. The fourth-order valence-corrected chi connectivity index (χ4v) is 3.49. The van der Waals surface area contributed by atoms with E-state index >= 15 is 0 Å². The largest absolute Gasteiger partial charge is 0.359 e. The van der Waals surface area contributed by atoms with E-state index < -0.39 is 0 Å². The van der Waals surface area contributed by atoms with Gasteiger partial charge in [0.1, 0.15) is 5.78 Å². The Morgan fingerprint density at radius 1 is 0.947 bits per heavy atom. The summed E-state index contributed by atoms with van der Waals surface area (Å²) in [7, 11) is 0. The van der Waals surface area contributed by atoms with Crippen molar-refractivity contribution in [3.8, 4) is 0 Å². The molecule has 0 aromatic rings. The van der Waals surface area contributed by atoms with Crippen molar-refractivity contribution in [1.82, 2.24) is 0 Å². The number of rotatable bonds is 8. The Kier molecular flexibility index (Phi) is 4.83. The molecule has 2 aliphatic rings. The number of ether oxygens (including phenoxy) is 1. The molecule has 19 heavy (non-hydrogen) atoms. The second-order valence-electron chi connectivity index (χ2n) is 6.37. The van der Waals surface area contributed by atoms with Crippen LogP contribution in [0.2, 0.25) is 0 Å². The van der Waals surface area contributed by atoms with Gasteiger partial charge in [0.2, 0.25) is 0 Å². The number of carbonyl (C=O) groups is 1. The number of hydrogen-bond donors (Lipinski definition) is 0. The summed E-state index contributed by atoms with van der Waals surface area (Å²) < 4.78 is 6.40. The molecule has 2 aliphatic heterocycles. The SMILES string of the molecule is CCCCCC12C=CC(CCCCC)(CC(=O)C1)O2. The van der Waals surface area contributed by atoms with E-state index in [4.69, 9.17) is 4.74 Å². The van der Waals surface area contributed by atoms with Crippen LogP contribution in [0.1, 0.15) is 78.1 Å². The number of unbranched alkanes of at least 4 members (excludes halogenated alkanes) is 4. The first-order chi connectivity index (χ1) is 9.14. The van der Waals surface area contributed by atoms with Crippen LogP contribution < -0.4 is 0 Å². The molecule has 1 fully saturated rings. The predicted octanol–water partition coefficient (Wildman–Crippen LogP) is 4.57. The Bertz CT molecular complexity index is 317. The highest BCUT2D eigenvalue weighted by Gasteiger charge is 2.50. The molecule has 108 valence electrons. The average molecular weight is 264 g/mol. The van der Waals surface area contributed by atoms with Crippen LogP contribution in [0.25, 0.3) is 0 Å². The van der Waals surface area contributed by atoms with Crippen molar-refractivity contribution in [2.75, 3.05) is 0 Å². The van der Waals surface area contributed by atoms with Gasteiger partial charge in [-0.25, -0.2) is 0 Å². The van der Waals surface area contributed by atoms with Crippen molar-refractivity contribution < 1.29 is 9.53 Å². The summed E-state index contributed by atoms with van der Waals surface area (Å²) in [4.78, 5) is 12.1. The van der Waals surface area contributed by atoms with Gasteiger partial charge in [-0.1, -0.05) is 64.5 Å². The summed E-state index contributed by atoms with van der Waals surface area (Å²) in [5.41, 5.74) is -0.507. The maximum Gasteiger partial charge on any atom is 0.139 e. The Hall–Kier alpha value is -0.630. The number of carbonyl (C=O) groups excluding carboxylic acids is 1. The van der Waals surface area contributed by atoms with Gasteiger partial charge in [-0.2, -0.15) is 0 Å². The van der Waals surface area contributed by atoms with Crippen LogP contribution in [0.5, 0.6) is 0 Å². The van der Waals surface area contributed by atoms with Crippen molar-refractivity contribution in [2.45, 2.75) is 89.3 Å². The summed E-state index contributed by atoms with van der Waals surface area (Å²) in [6.45, 7) is 4.42. The quantitative estimate of drug-likeness (QED) is 0.474. The molecule has 1 saturated heterocycles. The fourth-order valence-electron chi connectivity index (χ4n) is 3.49. The van der Waals surface area contributed by atoms with Crippen LogP contribution in [-0.4, -0.2) is 17.0 Å². The minimum Gasteiger partial charge on any atom is -0.359 e.